The Hall–Kier alpha value is -2.31. The summed E-state index contributed by atoms with van der Waals surface area (Å²) < 4.78 is 5.76. The summed E-state index contributed by atoms with van der Waals surface area (Å²) in [6, 6.07) is 6.84. The van der Waals surface area contributed by atoms with E-state index in [0.717, 1.165) is 26.2 Å². The lowest BCUT2D eigenvalue weighted by Crippen LogP contribution is -2.47. The number of nitrogens with zero attached hydrogens (tertiary/aromatic N) is 2. The first-order chi connectivity index (χ1) is 12.5. The van der Waals surface area contributed by atoms with E-state index in [2.05, 4.69) is 16.8 Å². The molecule has 136 valence electrons. The number of hydrogen-bond acceptors (Lipinski definition) is 6. The third-order valence-electron chi connectivity index (χ3n) is 5.52. The summed E-state index contributed by atoms with van der Waals surface area (Å²) >= 11 is 0. The number of carbonyl (C=O) groups is 3. The fraction of sp³-hybridized carbons (Fsp3) is 0.450. The predicted octanol–water partition coefficient (Wildman–Crippen LogP) is 1.17. The monoisotopic (exact) mass is 354 g/mol. The van der Waals surface area contributed by atoms with Gasteiger partial charge in [-0.05, 0) is 7.05 Å². The molecule has 2 unspecified atom stereocenters. The molecular formula is C20H22N2O4. The topological polar surface area (TPSA) is 66.9 Å². The van der Waals surface area contributed by atoms with Crippen molar-refractivity contribution in [3.63, 3.8) is 0 Å². The zero-order valence-electron chi connectivity index (χ0n) is 15.0. The number of likely N-dealkylation sites (N-methyl/N-ethyl adjacent to an activating group) is 1. The zero-order valence-corrected chi connectivity index (χ0v) is 15.0. The maximum atomic E-state index is 13.1. The molecule has 0 radical (unpaired) electrons. The molecule has 6 nitrogen and oxygen atoms in total. The average Bonchev–Trinajstić information content (AvgIpc) is 3.01. The van der Waals surface area contributed by atoms with Gasteiger partial charge in [0.15, 0.2) is 23.4 Å². The van der Waals surface area contributed by atoms with Gasteiger partial charge in [-0.25, -0.2) is 0 Å². The van der Waals surface area contributed by atoms with Gasteiger partial charge in [0.1, 0.15) is 0 Å². The van der Waals surface area contributed by atoms with Crippen LogP contribution in [0, 0.1) is 5.92 Å². The maximum Gasteiger partial charge on any atom is 0.205 e. The SMILES string of the molecule is CC(=O)C1=C(CN2CCN(C)CC2)C2C(=O)c3ccccc3C(=O)C2O1. The fourth-order valence-electron chi connectivity index (χ4n) is 4.06. The number of Topliss-reactive ketones (excluding diaryl/α,β-unsaturated/α-hetero) is 3. The van der Waals surface area contributed by atoms with Crippen LogP contribution in [0.25, 0.3) is 0 Å². The molecular weight excluding hydrogens is 332 g/mol. The molecule has 3 aliphatic rings. The van der Waals surface area contributed by atoms with Crippen molar-refractivity contribution in [2.24, 2.45) is 5.92 Å². The standard InChI is InChI=1S/C20H22N2O4/c1-12(23)19-15(11-22-9-7-21(2)8-10-22)16-17(24)13-5-3-4-6-14(13)18(25)20(16)26-19/h3-6,16,20H,7-11H2,1-2H3. The second-order valence-electron chi connectivity index (χ2n) is 7.28. The van der Waals surface area contributed by atoms with Crippen LogP contribution in [0.4, 0.5) is 0 Å². The van der Waals surface area contributed by atoms with Crippen molar-refractivity contribution < 1.29 is 19.1 Å². The Kier molecular flexibility index (Phi) is 4.25. The van der Waals surface area contributed by atoms with E-state index >= 15 is 0 Å². The number of piperazine rings is 1. The van der Waals surface area contributed by atoms with Gasteiger partial charge in [0, 0.05) is 56.3 Å². The summed E-state index contributed by atoms with van der Waals surface area (Å²) in [5.41, 5.74) is 1.49. The zero-order chi connectivity index (χ0) is 18.4. The van der Waals surface area contributed by atoms with Crippen molar-refractivity contribution in [3.05, 3.63) is 46.7 Å². The number of hydrogen-bond donors (Lipinski definition) is 0. The molecule has 0 saturated carbocycles. The quantitative estimate of drug-likeness (QED) is 0.812. The first kappa shape index (κ1) is 17.1. The van der Waals surface area contributed by atoms with Crippen molar-refractivity contribution in [1.29, 1.82) is 0 Å². The van der Waals surface area contributed by atoms with E-state index in [1.54, 1.807) is 24.3 Å². The molecule has 26 heavy (non-hydrogen) atoms. The molecule has 0 N–H and O–H groups in total. The molecule has 1 aromatic carbocycles. The summed E-state index contributed by atoms with van der Waals surface area (Å²) in [5.74, 6) is -1.04. The van der Waals surface area contributed by atoms with Crippen LogP contribution in [-0.2, 0) is 9.53 Å². The van der Waals surface area contributed by atoms with E-state index in [1.165, 1.54) is 6.92 Å². The van der Waals surface area contributed by atoms with Crippen LogP contribution < -0.4 is 0 Å². The highest BCUT2D eigenvalue weighted by Gasteiger charge is 2.51. The van der Waals surface area contributed by atoms with Gasteiger partial charge in [-0.1, -0.05) is 24.3 Å². The summed E-state index contributed by atoms with van der Waals surface area (Å²) in [6.45, 7) is 5.52. The average molecular weight is 354 g/mol. The van der Waals surface area contributed by atoms with Crippen LogP contribution in [-0.4, -0.2) is 73.0 Å². The molecule has 0 bridgehead atoms. The summed E-state index contributed by atoms with van der Waals surface area (Å²) in [6.07, 6.45) is -0.904. The van der Waals surface area contributed by atoms with Crippen LogP contribution in [0.1, 0.15) is 27.6 Å². The first-order valence-corrected chi connectivity index (χ1v) is 8.96. The van der Waals surface area contributed by atoms with Gasteiger partial charge in [-0.2, -0.15) is 0 Å². The molecule has 0 amide bonds. The van der Waals surface area contributed by atoms with E-state index in [1.807, 2.05) is 0 Å². The van der Waals surface area contributed by atoms with Gasteiger partial charge < -0.3 is 9.64 Å². The molecule has 1 fully saturated rings. The Morgan fingerprint density at radius 2 is 1.69 bits per heavy atom. The summed E-state index contributed by atoms with van der Waals surface area (Å²) in [7, 11) is 2.08. The van der Waals surface area contributed by atoms with Crippen molar-refractivity contribution in [1.82, 2.24) is 9.80 Å². The van der Waals surface area contributed by atoms with Crippen LogP contribution in [0.15, 0.2) is 35.6 Å². The highest BCUT2D eigenvalue weighted by Crippen LogP contribution is 2.40. The van der Waals surface area contributed by atoms with E-state index in [9.17, 15) is 14.4 Å². The lowest BCUT2D eigenvalue weighted by atomic mass is 9.77. The lowest BCUT2D eigenvalue weighted by molar-refractivity contribution is -0.117. The van der Waals surface area contributed by atoms with Gasteiger partial charge in [-0.3, -0.25) is 19.3 Å². The van der Waals surface area contributed by atoms with Crippen LogP contribution in [0.2, 0.25) is 0 Å². The summed E-state index contributed by atoms with van der Waals surface area (Å²) in [4.78, 5) is 42.6. The first-order valence-electron chi connectivity index (χ1n) is 8.96. The summed E-state index contributed by atoms with van der Waals surface area (Å²) in [5, 5.41) is 0. The molecule has 2 atom stereocenters. The van der Waals surface area contributed by atoms with E-state index in [4.69, 9.17) is 4.74 Å². The number of ketones is 3. The molecule has 2 heterocycles. The molecule has 2 aliphatic heterocycles. The molecule has 1 aliphatic carbocycles. The Labute approximate surface area is 152 Å². The fourth-order valence-corrected chi connectivity index (χ4v) is 4.06. The molecule has 1 aromatic rings. The van der Waals surface area contributed by atoms with Crippen LogP contribution in [0.5, 0.6) is 0 Å². The Balaban J connectivity index is 1.69. The van der Waals surface area contributed by atoms with Crippen LogP contribution >= 0.6 is 0 Å². The van der Waals surface area contributed by atoms with E-state index in [-0.39, 0.29) is 23.1 Å². The highest BCUT2D eigenvalue weighted by atomic mass is 16.5. The number of allylic oxidation sites excluding steroid dienone is 1. The largest absolute Gasteiger partial charge is 0.477 e. The third-order valence-corrected chi connectivity index (χ3v) is 5.52. The minimum absolute atomic E-state index is 0.120. The number of carbonyl (C=O) groups excluding carboxylic acids is 3. The Bertz CT molecular complexity index is 821. The van der Waals surface area contributed by atoms with Crippen molar-refractivity contribution in [2.75, 3.05) is 39.8 Å². The minimum Gasteiger partial charge on any atom is -0.477 e. The molecule has 0 aromatic heterocycles. The molecule has 6 heteroatoms. The maximum absolute atomic E-state index is 13.1. The lowest BCUT2D eigenvalue weighted by Gasteiger charge is -2.33. The van der Waals surface area contributed by atoms with Gasteiger partial charge in [0.05, 0.1) is 5.92 Å². The Morgan fingerprint density at radius 1 is 1.08 bits per heavy atom. The van der Waals surface area contributed by atoms with Crippen molar-refractivity contribution >= 4 is 17.3 Å². The smallest absolute Gasteiger partial charge is 0.205 e. The van der Waals surface area contributed by atoms with Gasteiger partial charge >= 0.3 is 0 Å². The van der Waals surface area contributed by atoms with Gasteiger partial charge in [-0.15, -0.1) is 0 Å². The third kappa shape index (κ3) is 2.70. The number of rotatable bonds is 3. The van der Waals surface area contributed by atoms with Gasteiger partial charge in [0.25, 0.3) is 0 Å². The van der Waals surface area contributed by atoms with E-state index in [0.29, 0.717) is 23.2 Å². The molecule has 0 spiro atoms. The van der Waals surface area contributed by atoms with Crippen molar-refractivity contribution in [2.45, 2.75) is 13.0 Å². The minimum atomic E-state index is -0.904. The van der Waals surface area contributed by atoms with Crippen LogP contribution in [0.3, 0.4) is 0 Å². The molecule has 4 rings (SSSR count). The molecule has 1 saturated heterocycles. The second-order valence-corrected chi connectivity index (χ2v) is 7.28. The van der Waals surface area contributed by atoms with E-state index < -0.39 is 12.0 Å². The van der Waals surface area contributed by atoms with Gasteiger partial charge in [0.2, 0.25) is 5.78 Å². The number of ether oxygens (including phenoxy) is 1. The van der Waals surface area contributed by atoms with Crippen molar-refractivity contribution in [3.8, 4) is 0 Å². The normalized spacial score (nSPS) is 26.5. The second kappa shape index (κ2) is 6.45. The predicted molar refractivity (Wildman–Crippen MR) is 95.1 cm³/mol. The number of fused-ring (bicyclic) bond motifs is 2. The highest BCUT2D eigenvalue weighted by molar-refractivity contribution is 6.19. The number of benzene rings is 1. The Morgan fingerprint density at radius 3 is 2.31 bits per heavy atom.